The number of aromatic nitrogens is 1. The van der Waals surface area contributed by atoms with Gasteiger partial charge in [-0.15, -0.1) is 0 Å². The summed E-state index contributed by atoms with van der Waals surface area (Å²) in [6.07, 6.45) is 3.36. The largest absolute Gasteiger partial charge is 0.264 e. The zero-order chi connectivity index (χ0) is 13.9. The number of nitrogens with one attached hydrogen (secondary N) is 1. The molecule has 0 unspecified atom stereocenters. The van der Waals surface area contributed by atoms with E-state index in [9.17, 15) is 8.42 Å². The monoisotopic (exact) mass is 340 g/mol. The van der Waals surface area contributed by atoms with Crippen molar-refractivity contribution >= 4 is 26.0 Å². The second kappa shape index (κ2) is 5.81. The van der Waals surface area contributed by atoms with Gasteiger partial charge in [-0.2, -0.15) is 0 Å². The molecule has 19 heavy (non-hydrogen) atoms. The van der Waals surface area contributed by atoms with Crippen molar-refractivity contribution in [3.05, 3.63) is 58.3 Å². The molecule has 1 aromatic heterocycles. The van der Waals surface area contributed by atoms with Crippen molar-refractivity contribution < 1.29 is 8.42 Å². The molecule has 0 atom stereocenters. The van der Waals surface area contributed by atoms with E-state index in [1.807, 2.05) is 6.92 Å². The van der Waals surface area contributed by atoms with E-state index in [0.717, 1.165) is 15.6 Å². The third kappa shape index (κ3) is 3.62. The van der Waals surface area contributed by atoms with Crippen LogP contribution >= 0.6 is 15.9 Å². The number of aryl methyl sites for hydroxylation is 1. The molecule has 1 heterocycles. The number of benzene rings is 1. The Morgan fingerprint density at radius 1 is 1.32 bits per heavy atom. The number of pyridine rings is 1. The Balaban J connectivity index is 2.17. The molecule has 0 bridgehead atoms. The summed E-state index contributed by atoms with van der Waals surface area (Å²) in [6, 6.07) is 8.41. The van der Waals surface area contributed by atoms with Gasteiger partial charge in [-0.3, -0.25) is 4.98 Å². The average molecular weight is 341 g/mol. The lowest BCUT2D eigenvalue weighted by Crippen LogP contribution is -2.23. The molecular weight excluding hydrogens is 328 g/mol. The zero-order valence-corrected chi connectivity index (χ0v) is 12.7. The minimum absolute atomic E-state index is 0.244. The summed E-state index contributed by atoms with van der Waals surface area (Å²) in [5.41, 5.74) is 1.87. The maximum atomic E-state index is 12.1. The molecule has 0 spiro atoms. The topological polar surface area (TPSA) is 59.1 Å². The molecule has 0 aliphatic rings. The second-order valence-electron chi connectivity index (χ2n) is 4.08. The number of hydrogen-bond acceptors (Lipinski definition) is 3. The Morgan fingerprint density at radius 3 is 2.79 bits per heavy atom. The smallest absolute Gasteiger partial charge is 0.240 e. The normalized spacial score (nSPS) is 11.5. The first kappa shape index (κ1) is 14.2. The summed E-state index contributed by atoms with van der Waals surface area (Å²) in [6.45, 7) is 2.15. The van der Waals surface area contributed by atoms with Crippen LogP contribution in [0, 0.1) is 6.92 Å². The predicted molar refractivity (Wildman–Crippen MR) is 77.1 cm³/mol. The van der Waals surface area contributed by atoms with Gasteiger partial charge in [0.1, 0.15) is 0 Å². The highest BCUT2D eigenvalue weighted by atomic mass is 79.9. The summed E-state index contributed by atoms with van der Waals surface area (Å²) < 4.78 is 27.6. The van der Waals surface area contributed by atoms with Crippen molar-refractivity contribution in [2.45, 2.75) is 18.4 Å². The number of rotatable bonds is 4. The van der Waals surface area contributed by atoms with Crippen LogP contribution in [-0.4, -0.2) is 13.4 Å². The molecule has 0 saturated carbocycles. The third-order valence-corrected chi connectivity index (χ3v) is 4.59. The minimum atomic E-state index is -3.50. The summed E-state index contributed by atoms with van der Waals surface area (Å²) in [7, 11) is -3.50. The van der Waals surface area contributed by atoms with Crippen LogP contribution in [0.25, 0.3) is 0 Å². The van der Waals surface area contributed by atoms with Crippen molar-refractivity contribution in [3.8, 4) is 0 Å². The Bertz CT molecular complexity index is 687. The highest BCUT2D eigenvalue weighted by Crippen LogP contribution is 2.16. The first-order chi connectivity index (χ1) is 8.99. The molecule has 0 amide bonds. The lowest BCUT2D eigenvalue weighted by atomic mass is 10.2. The van der Waals surface area contributed by atoms with Gasteiger partial charge in [0.25, 0.3) is 0 Å². The molecule has 0 aliphatic heterocycles. The van der Waals surface area contributed by atoms with Crippen LogP contribution in [0.4, 0.5) is 0 Å². The molecule has 0 radical (unpaired) electrons. The van der Waals surface area contributed by atoms with Crippen LogP contribution < -0.4 is 4.72 Å². The minimum Gasteiger partial charge on any atom is -0.264 e. The highest BCUT2D eigenvalue weighted by molar-refractivity contribution is 9.10. The molecule has 0 aliphatic carbocycles. The van der Waals surface area contributed by atoms with Crippen LogP contribution in [0.5, 0.6) is 0 Å². The number of hydrogen-bond donors (Lipinski definition) is 1. The van der Waals surface area contributed by atoms with Gasteiger partial charge in [0.05, 0.1) is 4.90 Å². The fraction of sp³-hybridized carbons (Fsp3) is 0.154. The SMILES string of the molecule is Cc1cnccc1CNS(=O)(=O)c1cccc(Br)c1. The quantitative estimate of drug-likeness (QED) is 0.930. The Morgan fingerprint density at radius 2 is 2.11 bits per heavy atom. The lowest BCUT2D eigenvalue weighted by molar-refractivity contribution is 0.581. The van der Waals surface area contributed by atoms with E-state index in [4.69, 9.17) is 0 Å². The van der Waals surface area contributed by atoms with E-state index in [1.165, 1.54) is 0 Å². The molecule has 0 saturated heterocycles. The third-order valence-electron chi connectivity index (χ3n) is 2.70. The van der Waals surface area contributed by atoms with E-state index < -0.39 is 10.0 Å². The van der Waals surface area contributed by atoms with E-state index in [1.54, 1.807) is 42.7 Å². The maximum Gasteiger partial charge on any atom is 0.240 e. The molecule has 4 nitrogen and oxygen atoms in total. The van der Waals surface area contributed by atoms with Crippen LogP contribution in [0.1, 0.15) is 11.1 Å². The molecular formula is C13H13BrN2O2S. The van der Waals surface area contributed by atoms with E-state index >= 15 is 0 Å². The summed E-state index contributed by atoms with van der Waals surface area (Å²) >= 11 is 3.26. The number of nitrogens with zero attached hydrogens (tertiary/aromatic N) is 1. The Labute approximate surface area is 121 Å². The molecule has 0 fully saturated rings. The summed E-state index contributed by atoms with van der Waals surface area (Å²) in [4.78, 5) is 4.22. The van der Waals surface area contributed by atoms with Gasteiger partial charge in [-0.05, 0) is 42.3 Å². The predicted octanol–water partition coefficient (Wildman–Crippen LogP) is 2.63. The van der Waals surface area contributed by atoms with Crippen LogP contribution in [-0.2, 0) is 16.6 Å². The van der Waals surface area contributed by atoms with Crippen LogP contribution in [0.3, 0.4) is 0 Å². The van der Waals surface area contributed by atoms with E-state index in [2.05, 4.69) is 25.6 Å². The van der Waals surface area contributed by atoms with Crippen molar-refractivity contribution in [1.29, 1.82) is 0 Å². The van der Waals surface area contributed by atoms with Gasteiger partial charge in [-0.1, -0.05) is 22.0 Å². The van der Waals surface area contributed by atoms with Crippen LogP contribution in [0.2, 0.25) is 0 Å². The highest BCUT2D eigenvalue weighted by Gasteiger charge is 2.14. The Kier molecular flexibility index (Phi) is 4.34. The van der Waals surface area contributed by atoms with Gasteiger partial charge in [0.15, 0.2) is 0 Å². The fourth-order valence-electron chi connectivity index (χ4n) is 1.59. The number of halogens is 1. The van der Waals surface area contributed by atoms with E-state index in [0.29, 0.717) is 0 Å². The first-order valence-electron chi connectivity index (χ1n) is 5.64. The maximum absolute atomic E-state index is 12.1. The van der Waals surface area contributed by atoms with Crippen molar-refractivity contribution in [2.24, 2.45) is 0 Å². The zero-order valence-electron chi connectivity index (χ0n) is 10.3. The van der Waals surface area contributed by atoms with Gasteiger partial charge in [-0.25, -0.2) is 13.1 Å². The molecule has 100 valence electrons. The molecule has 2 rings (SSSR count). The summed E-state index contributed by atoms with van der Waals surface area (Å²) in [5, 5.41) is 0. The van der Waals surface area contributed by atoms with E-state index in [-0.39, 0.29) is 11.4 Å². The first-order valence-corrected chi connectivity index (χ1v) is 7.91. The van der Waals surface area contributed by atoms with Gasteiger partial charge in [0.2, 0.25) is 10.0 Å². The molecule has 2 aromatic rings. The summed E-state index contributed by atoms with van der Waals surface area (Å²) in [5.74, 6) is 0. The fourth-order valence-corrected chi connectivity index (χ4v) is 3.19. The van der Waals surface area contributed by atoms with Gasteiger partial charge in [0, 0.05) is 23.4 Å². The van der Waals surface area contributed by atoms with Crippen molar-refractivity contribution in [2.75, 3.05) is 0 Å². The lowest BCUT2D eigenvalue weighted by Gasteiger charge is -2.08. The molecule has 1 aromatic carbocycles. The standard InChI is InChI=1S/C13H13BrN2O2S/c1-10-8-15-6-5-11(10)9-16-19(17,18)13-4-2-3-12(14)7-13/h2-8,16H,9H2,1H3. The molecule has 6 heteroatoms. The Hall–Kier alpha value is -1.24. The second-order valence-corrected chi connectivity index (χ2v) is 6.77. The van der Waals surface area contributed by atoms with Crippen LogP contribution in [0.15, 0.2) is 52.1 Å². The van der Waals surface area contributed by atoms with Gasteiger partial charge < -0.3 is 0 Å². The van der Waals surface area contributed by atoms with Crippen molar-refractivity contribution in [3.63, 3.8) is 0 Å². The van der Waals surface area contributed by atoms with Gasteiger partial charge >= 0.3 is 0 Å². The molecule has 1 N–H and O–H groups in total. The van der Waals surface area contributed by atoms with Crippen molar-refractivity contribution in [1.82, 2.24) is 9.71 Å². The average Bonchev–Trinajstić information content (AvgIpc) is 2.38. The number of sulfonamides is 1.